The third-order valence-corrected chi connectivity index (χ3v) is 6.36. The minimum atomic E-state index is -4.44. The average Bonchev–Trinajstić information content (AvgIpc) is 3.29. The smallest absolute Gasteiger partial charge is 0.337 e. The Morgan fingerprint density at radius 2 is 2.19 bits per heavy atom. The number of nitrogens with one attached hydrogen (secondary N) is 1. The number of aromatic amines is 1. The van der Waals surface area contributed by atoms with Gasteiger partial charge in [0.2, 0.25) is 0 Å². The lowest BCUT2D eigenvalue weighted by Gasteiger charge is -2.31. The van der Waals surface area contributed by atoms with Crippen molar-refractivity contribution in [3.63, 3.8) is 0 Å². The van der Waals surface area contributed by atoms with Crippen LogP contribution in [0.5, 0.6) is 0 Å². The number of piperidine rings is 1. The molecule has 27 heavy (non-hydrogen) atoms. The number of alkyl halides is 3. The molecule has 1 saturated heterocycles. The number of halogens is 4. The minimum absolute atomic E-state index is 0.0754. The van der Waals surface area contributed by atoms with Crippen molar-refractivity contribution in [2.45, 2.75) is 24.9 Å². The molecule has 1 unspecified atom stereocenters. The Hall–Kier alpha value is -2.13. The zero-order chi connectivity index (χ0) is 19.2. The molecule has 0 radical (unpaired) electrons. The van der Waals surface area contributed by atoms with Crippen molar-refractivity contribution in [1.82, 2.24) is 20.3 Å². The first-order chi connectivity index (χ1) is 12.8. The van der Waals surface area contributed by atoms with E-state index in [0.717, 1.165) is 42.0 Å². The lowest BCUT2D eigenvalue weighted by Crippen LogP contribution is -2.39. The van der Waals surface area contributed by atoms with Crippen LogP contribution in [0.25, 0.3) is 10.1 Å². The number of thiophene rings is 1. The van der Waals surface area contributed by atoms with Gasteiger partial charge < -0.3 is 4.90 Å². The molecule has 3 heterocycles. The molecule has 1 N–H and O–H groups in total. The van der Waals surface area contributed by atoms with Gasteiger partial charge in [0, 0.05) is 29.1 Å². The summed E-state index contributed by atoms with van der Waals surface area (Å²) in [6.07, 6.45) is -1.09. The molecule has 4 rings (SSSR count). The fraction of sp³-hybridized carbons (Fsp3) is 0.353. The standard InChI is InChI=1S/C17H14ClF3N4OS/c18-14-11-4-3-10(17(19,20)21)6-13(11)27-15(14)16(26)25-5-1-2-9(8-25)12-7-22-24-23-12/h3-4,6-7,9H,1-2,5,8H2,(H,22,23,24). The summed E-state index contributed by atoms with van der Waals surface area (Å²) in [6.45, 7) is 1.05. The number of likely N-dealkylation sites (tertiary alicyclic amines) is 1. The Morgan fingerprint density at radius 1 is 1.37 bits per heavy atom. The van der Waals surface area contributed by atoms with Crippen LogP contribution < -0.4 is 0 Å². The number of carbonyl (C=O) groups is 1. The molecule has 0 bridgehead atoms. The van der Waals surface area contributed by atoms with E-state index in [0.29, 0.717) is 23.2 Å². The lowest BCUT2D eigenvalue weighted by atomic mass is 9.95. The highest BCUT2D eigenvalue weighted by molar-refractivity contribution is 7.21. The Labute approximate surface area is 161 Å². The molecule has 1 aliphatic heterocycles. The predicted molar refractivity (Wildman–Crippen MR) is 96.1 cm³/mol. The van der Waals surface area contributed by atoms with Gasteiger partial charge in [0.15, 0.2) is 0 Å². The summed E-state index contributed by atoms with van der Waals surface area (Å²) < 4.78 is 39.1. The number of hydrogen-bond acceptors (Lipinski definition) is 4. The molecule has 3 aromatic rings. The molecule has 0 aliphatic carbocycles. The molecular formula is C17H14ClF3N4OS. The number of carbonyl (C=O) groups excluding carboxylic acids is 1. The summed E-state index contributed by atoms with van der Waals surface area (Å²) in [4.78, 5) is 14.9. The van der Waals surface area contributed by atoms with Crippen molar-refractivity contribution >= 4 is 38.9 Å². The summed E-state index contributed by atoms with van der Waals surface area (Å²) >= 11 is 7.33. The van der Waals surface area contributed by atoms with E-state index in [1.54, 1.807) is 11.1 Å². The van der Waals surface area contributed by atoms with Gasteiger partial charge >= 0.3 is 6.18 Å². The highest BCUT2D eigenvalue weighted by Crippen LogP contribution is 2.40. The van der Waals surface area contributed by atoms with Crippen molar-refractivity contribution in [3.8, 4) is 0 Å². The summed E-state index contributed by atoms with van der Waals surface area (Å²) in [7, 11) is 0. The summed E-state index contributed by atoms with van der Waals surface area (Å²) in [6, 6.07) is 3.34. The highest BCUT2D eigenvalue weighted by atomic mass is 35.5. The molecule has 0 spiro atoms. The average molecular weight is 415 g/mol. The van der Waals surface area contributed by atoms with Crippen LogP contribution in [-0.2, 0) is 6.18 Å². The van der Waals surface area contributed by atoms with Gasteiger partial charge in [-0.05, 0) is 25.0 Å². The molecule has 1 fully saturated rings. The third-order valence-electron chi connectivity index (χ3n) is 4.71. The number of nitrogens with zero attached hydrogens (tertiary/aromatic N) is 3. The molecule has 10 heteroatoms. The van der Waals surface area contributed by atoms with Gasteiger partial charge in [-0.15, -0.1) is 11.3 Å². The molecule has 2 aromatic heterocycles. The lowest BCUT2D eigenvalue weighted by molar-refractivity contribution is -0.137. The van der Waals surface area contributed by atoms with Gasteiger partial charge in [-0.2, -0.15) is 28.6 Å². The first kappa shape index (κ1) is 18.2. The number of amides is 1. The normalized spacial score (nSPS) is 18.2. The predicted octanol–water partition coefficient (Wildman–Crippen LogP) is 4.71. The van der Waals surface area contributed by atoms with E-state index in [-0.39, 0.29) is 21.7 Å². The van der Waals surface area contributed by atoms with Crippen molar-refractivity contribution in [3.05, 3.63) is 45.6 Å². The maximum atomic E-state index is 13.0. The number of benzene rings is 1. The molecule has 142 valence electrons. The van der Waals surface area contributed by atoms with E-state index in [2.05, 4.69) is 15.4 Å². The van der Waals surface area contributed by atoms with Crippen molar-refractivity contribution in [2.24, 2.45) is 0 Å². The topological polar surface area (TPSA) is 61.9 Å². The Balaban J connectivity index is 1.63. The first-order valence-corrected chi connectivity index (χ1v) is 9.48. The zero-order valence-electron chi connectivity index (χ0n) is 13.9. The zero-order valence-corrected chi connectivity index (χ0v) is 15.5. The van der Waals surface area contributed by atoms with Gasteiger partial charge in [-0.1, -0.05) is 17.7 Å². The maximum absolute atomic E-state index is 13.0. The number of aromatic nitrogens is 3. The van der Waals surface area contributed by atoms with Crippen LogP contribution in [0.15, 0.2) is 24.4 Å². The largest absolute Gasteiger partial charge is 0.416 e. The maximum Gasteiger partial charge on any atom is 0.416 e. The van der Waals surface area contributed by atoms with Gasteiger partial charge in [-0.25, -0.2) is 0 Å². The molecular weight excluding hydrogens is 401 g/mol. The highest BCUT2D eigenvalue weighted by Gasteiger charge is 2.32. The van der Waals surface area contributed by atoms with Crippen molar-refractivity contribution in [2.75, 3.05) is 13.1 Å². The summed E-state index contributed by atoms with van der Waals surface area (Å²) in [5.74, 6) is -0.186. The van der Waals surface area contributed by atoms with E-state index >= 15 is 0 Å². The summed E-state index contributed by atoms with van der Waals surface area (Å²) in [5.41, 5.74) is 0.0424. The molecule has 1 aromatic carbocycles. The fourth-order valence-corrected chi connectivity index (χ4v) is 4.85. The van der Waals surface area contributed by atoms with Gasteiger partial charge in [-0.3, -0.25) is 4.79 Å². The first-order valence-electron chi connectivity index (χ1n) is 8.29. The minimum Gasteiger partial charge on any atom is -0.337 e. The van der Waals surface area contributed by atoms with E-state index in [1.807, 2.05) is 0 Å². The fourth-order valence-electron chi connectivity index (χ4n) is 3.33. The second-order valence-electron chi connectivity index (χ2n) is 6.44. The van der Waals surface area contributed by atoms with Crippen LogP contribution in [0.1, 0.15) is 39.7 Å². The Bertz CT molecular complexity index is 986. The number of H-pyrrole nitrogens is 1. The van der Waals surface area contributed by atoms with Crippen LogP contribution in [0, 0.1) is 0 Å². The Morgan fingerprint density at radius 3 is 2.89 bits per heavy atom. The number of fused-ring (bicyclic) bond motifs is 1. The molecule has 5 nitrogen and oxygen atoms in total. The van der Waals surface area contributed by atoms with Crippen LogP contribution >= 0.6 is 22.9 Å². The van der Waals surface area contributed by atoms with Gasteiger partial charge in [0.05, 0.1) is 22.5 Å². The van der Waals surface area contributed by atoms with Gasteiger partial charge in [0.1, 0.15) is 4.88 Å². The monoisotopic (exact) mass is 414 g/mol. The van der Waals surface area contributed by atoms with Crippen molar-refractivity contribution < 1.29 is 18.0 Å². The molecule has 1 amide bonds. The van der Waals surface area contributed by atoms with Crippen LogP contribution in [0.3, 0.4) is 0 Å². The number of rotatable bonds is 2. The van der Waals surface area contributed by atoms with Crippen molar-refractivity contribution in [1.29, 1.82) is 0 Å². The third kappa shape index (κ3) is 3.41. The van der Waals surface area contributed by atoms with E-state index in [9.17, 15) is 18.0 Å². The number of hydrogen-bond donors (Lipinski definition) is 1. The van der Waals surface area contributed by atoms with E-state index < -0.39 is 11.7 Å². The van der Waals surface area contributed by atoms with E-state index in [4.69, 9.17) is 11.6 Å². The van der Waals surface area contributed by atoms with Crippen LogP contribution in [0.4, 0.5) is 13.2 Å². The Kier molecular flexibility index (Phi) is 4.59. The molecule has 1 aliphatic rings. The second kappa shape index (κ2) is 6.79. The van der Waals surface area contributed by atoms with Crippen LogP contribution in [0.2, 0.25) is 5.02 Å². The molecule has 0 saturated carbocycles. The SMILES string of the molecule is O=C(c1sc2cc(C(F)(F)F)ccc2c1Cl)N1CCCC(c2cn[nH]n2)C1. The van der Waals surface area contributed by atoms with E-state index in [1.165, 1.54) is 6.07 Å². The van der Waals surface area contributed by atoms with Crippen LogP contribution in [-0.4, -0.2) is 39.3 Å². The summed E-state index contributed by atoms with van der Waals surface area (Å²) in [5, 5.41) is 11.1. The molecule has 1 atom stereocenters. The quantitative estimate of drug-likeness (QED) is 0.660. The van der Waals surface area contributed by atoms with Gasteiger partial charge in [0.25, 0.3) is 5.91 Å². The second-order valence-corrected chi connectivity index (χ2v) is 7.87.